The van der Waals surface area contributed by atoms with Gasteiger partial charge in [0.25, 0.3) is 0 Å². The molecular formula is C17H28N2O2. The number of amides is 1. The Labute approximate surface area is 128 Å². The second-order valence-electron chi connectivity index (χ2n) is 6.25. The Morgan fingerprint density at radius 1 is 1.33 bits per heavy atom. The van der Waals surface area contributed by atoms with Crippen LogP contribution < -0.4 is 5.32 Å². The van der Waals surface area contributed by atoms with E-state index in [0.717, 1.165) is 12.1 Å². The fourth-order valence-corrected chi connectivity index (χ4v) is 2.23. The second-order valence-corrected chi connectivity index (χ2v) is 6.25. The van der Waals surface area contributed by atoms with Crippen LogP contribution >= 0.6 is 0 Å². The van der Waals surface area contributed by atoms with Crippen molar-refractivity contribution in [3.63, 3.8) is 0 Å². The minimum atomic E-state index is -0.804. The Bertz CT molecular complexity index is 449. The number of likely N-dealkylation sites (N-methyl/N-ethyl adjacent to an activating group) is 1. The van der Waals surface area contributed by atoms with E-state index in [1.54, 1.807) is 13.8 Å². The van der Waals surface area contributed by atoms with Gasteiger partial charge in [-0.25, -0.2) is 0 Å². The highest BCUT2D eigenvalue weighted by Crippen LogP contribution is 2.09. The van der Waals surface area contributed by atoms with Crippen molar-refractivity contribution in [2.75, 3.05) is 13.1 Å². The number of rotatable bonds is 7. The summed E-state index contributed by atoms with van der Waals surface area (Å²) in [6.07, 6.45) is 0. The average Bonchev–Trinajstić information content (AvgIpc) is 2.42. The Morgan fingerprint density at radius 3 is 2.38 bits per heavy atom. The van der Waals surface area contributed by atoms with Gasteiger partial charge in [-0.1, -0.05) is 36.8 Å². The molecule has 0 heterocycles. The van der Waals surface area contributed by atoms with Gasteiger partial charge in [-0.2, -0.15) is 0 Å². The Morgan fingerprint density at radius 2 is 1.90 bits per heavy atom. The van der Waals surface area contributed by atoms with Gasteiger partial charge in [0.15, 0.2) is 0 Å². The van der Waals surface area contributed by atoms with Crippen LogP contribution in [0.2, 0.25) is 0 Å². The Kier molecular flexibility index (Phi) is 6.37. The number of nitrogens with one attached hydrogen (secondary N) is 1. The second kappa shape index (κ2) is 7.57. The van der Waals surface area contributed by atoms with Gasteiger partial charge in [0.2, 0.25) is 5.91 Å². The minimum Gasteiger partial charge on any atom is -0.389 e. The molecule has 0 bridgehead atoms. The topological polar surface area (TPSA) is 52.6 Å². The summed E-state index contributed by atoms with van der Waals surface area (Å²) in [5, 5.41) is 12.9. The lowest BCUT2D eigenvalue weighted by molar-refractivity contribution is -0.127. The number of hydrogen-bond donors (Lipinski definition) is 2. The SMILES string of the molecule is CCN(CC(C)(C)O)C(C)C(=O)NCc1ccc(C)cc1. The number of benzene rings is 1. The lowest BCUT2D eigenvalue weighted by Gasteiger charge is -2.32. The number of hydrogen-bond acceptors (Lipinski definition) is 3. The summed E-state index contributed by atoms with van der Waals surface area (Å²) >= 11 is 0. The Hall–Kier alpha value is -1.39. The van der Waals surface area contributed by atoms with Gasteiger partial charge in [0.1, 0.15) is 0 Å². The fourth-order valence-electron chi connectivity index (χ4n) is 2.23. The number of carbonyl (C=O) groups excluding carboxylic acids is 1. The molecule has 1 atom stereocenters. The molecule has 0 spiro atoms. The van der Waals surface area contributed by atoms with E-state index in [4.69, 9.17) is 0 Å². The average molecular weight is 292 g/mol. The molecule has 0 aliphatic heterocycles. The first-order valence-electron chi connectivity index (χ1n) is 7.52. The summed E-state index contributed by atoms with van der Waals surface area (Å²) in [7, 11) is 0. The lowest BCUT2D eigenvalue weighted by atomic mass is 10.1. The summed E-state index contributed by atoms with van der Waals surface area (Å²) in [6, 6.07) is 7.87. The molecule has 0 saturated carbocycles. The minimum absolute atomic E-state index is 0.0123. The van der Waals surface area contributed by atoms with Crippen LogP contribution in [0, 0.1) is 6.92 Å². The van der Waals surface area contributed by atoms with Crippen LogP contribution in [0.3, 0.4) is 0 Å². The largest absolute Gasteiger partial charge is 0.389 e. The molecule has 1 rings (SSSR count). The van der Waals surface area contributed by atoms with Gasteiger partial charge in [-0.3, -0.25) is 9.69 Å². The molecule has 0 aliphatic carbocycles. The third kappa shape index (κ3) is 6.27. The molecule has 1 aromatic rings. The van der Waals surface area contributed by atoms with Crippen LogP contribution in [0.1, 0.15) is 38.8 Å². The van der Waals surface area contributed by atoms with Crippen molar-refractivity contribution >= 4 is 5.91 Å². The smallest absolute Gasteiger partial charge is 0.237 e. The zero-order valence-corrected chi connectivity index (χ0v) is 13.8. The predicted octanol–water partition coefficient (Wildman–Crippen LogP) is 2.09. The van der Waals surface area contributed by atoms with Crippen molar-refractivity contribution in [2.45, 2.75) is 52.8 Å². The molecule has 0 radical (unpaired) electrons. The van der Waals surface area contributed by atoms with E-state index in [0.29, 0.717) is 13.1 Å². The molecule has 1 amide bonds. The predicted molar refractivity (Wildman–Crippen MR) is 86.0 cm³/mol. The summed E-state index contributed by atoms with van der Waals surface area (Å²) in [6.45, 7) is 11.2. The lowest BCUT2D eigenvalue weighted by Crippen LogP contribution is -2.49. The maximum atomic E-state index is 12.2. The maximum absolute atomic E-state index is 12.2. The third-order valence-electron chi connectivity index (χ3n) is 3.51. The van der Waals surface area contributed by atoms with E-state index in [9.17, 15) is 9.90 Å². The molecule has 0 aromatic heterocycles. The van der Waals surface area contributed by atoms with Gasteiger partial charge in [0, 0.05) is 13.1 Å². The monoisotopic (exact) mass is 292 g/mol. The van der Waals surface area contributed by atoms with Gasteiger partial charge in [0.05, 0.1) is 11.6 Å². The van der Waals surface area contributed by atoms with E-state index in [1.807, 2.05) is 49.9 Å². The van der Waals surface area contributed by atoms with Crippen molar-refractivity contribution in [3.05, 3.63) is 35.4 Å². The molecule has 4 heteroatoms. The zero-order chi connectivity index (χ0) is 16.0. The molecule has 21 heavy (non-hydrogen) atoms. The van der Waals surface area contributed by atoms with E-state index in [2.05, 4.69) is 5.32 Å². The first kappa shape index (κ1) is 17.7. The highest BCUT2D eigenvalue weighted by atomic mass is 16.3. The standard InChI is InChI=1S/C17H28N2O2/c1-6-19(12-17(4,5)21)14(3)16(20)18-11-15-9-7-13(2)8-10-15/h7-10,14,21H,6,11-12H2,1-5H3,(H,18,20). The van der Waals surface area contributed by atoms with Gasteiger partial charge in [-0.15, -0.1) is 0 Å². The van der Waals surface area contributed by atoms with Crippen LogP contribution in [0.4, 0.5) is 0 Å². The van der Waals surface area contributed by atoms with Crippen LogP contribution in [0.15, 0.2) is 24.3 Å². The van der Waals surface area contributed by atoms with Gasteiger partial charge < -0.3 is 10.4 Å². The first-order chi connectivity index (χ1) is 9.73. The van der Waals surface area contributed by atoms with Crippen molar-refractivity contribution in [1.29, 1.82) is 0 Å². The molecule has 4 nitrogen and oxygen atoms in total. The molecule has 1 unspecified atom stereocenters. The number of aryl methyl sites for hydroxylation is 1. The highest BCUT2D eigenvalue weighted by molar-refractivity contribution is 5.81. The van der Waals surface area contributed by atoms with E-state index >= 15 is 0 Å². The van der Waals surface area contributed by atoms with Crippen molar-refractivity contribution in [3.8, 4) is 0 Å². The molecule has 0 fully saturated rings. The maximum Gasteiger partial charge on any atom is 0.237 e. The fraction of sp³-hybridized carbons (Fsp3) is 0.588. The van der Waals surface area contributed by atoms with Crippen LogP contribution in [0.5, 0.6) is 0 Å². The van der Waals surface area contributed by atoms with Crippen LogP contribution in [-0.2, 0) is 11.3 Å². The first-order valence-corrected chi connectivity index (χ1v) is 7.52. The molecular weight excluding hydrogens is 264 g/mol. The summed E-state index contributed by atoms with van der Waals surface area (Å²) in [5.74, 6) is -0.0123. The quantitative estimate of drug-likeness (QED) is 0.809. The van der Waals surface area contributed by atoms with Crippen molar-refractivity contribution in [2.24, 2.45) is 0 Å². The van der Waals surface area contributed by atoms with Crippen molar-refractivity contribution < 1.29 is 9.90 Å². The zero-order valence-electron chi connectivity index (χ0n) is 13.8. The molecule has 1 aromatic carbocycles. The summed E-state index contributed by atoms with van der Waals surface area (Å²) < 4.78 is 0. The third-order valence-corrected chi connectivity index (χ3v) is 3.51. The summed E-state index contributed by atoms with van der Waals surface area (Å²) in [4.78, 5) is 14.2. The van der Waals surface area contributed by atoms with Gasteiger partial charge in [-0.05, 0) is 39.8 Å². The number of aliphatic hydroxyl groups is 1. The van der Waals surface area contributed by atoms with Crippen molar-refractivity contribution in [1.82, 2.24) is 10.2 Å². The molecule has 0 saturated heterocycles. The van der Waals surface area contributed by atoms with E-state index in [-0.39, 0.29) is 11.9 Å². The summed E-state index contributed by atoms with van der Waals surface area (Å²) in [5.41, 5.74) is 1.49. The van der Waals surface area contributed by atoms with Crippen LogP contribution in [-0.4, -0.2) is 40.6 Å². The number of carbonyl (C=O) groups is 1. The molecule has 0 aliphatic rings. The van der Waals surface area contributed by atoms with Gasteiger partial charge >= 0.3 is 0 Å². The van der Waals surface area contributed by atoms with E-state index < -0.39 is 5.60 Å². The molecule has 118 valence electrons. The van der Waals surface area contributed by atoms with E-state index in [1.165, 1.54) is 5.56 Å². The van der Waals surface area contributed by atoms with Crippen LogP contribution in [0.25, 0.3) is 0 Å². The molecule has 2 N–H and O–H groups in total. The highest BCUT2D eigenvalue weighted by Gasteiger charge is 2.25. The Balaban J connectivity index is 2.54. The number of nitrogens with zero attached hydrogens (tertiary/aromatic N) is 1. The normalized spacial score (nSPS) is 13.3.